The fourth-order valence-electron chi connectivity index (χ4n) is 2.89. The second kappa shape index (κ2) is 8.57. The summed E-state index contributed by atoms with van der Waals surface area (Å²) in [6.45, 7) is 10.0. The van der Waals surface area contributed by atoms with Gasteiger partial charge in [0.25, 0.3) is 0 Å². The molecule has 2 amide bonds. The predicted octanol–water partition coefficient (Wildman–Crippen LogP) is 5.33. The molecule has 0 aliphatic heterocycles. The molecule has 0 saturated carbocycles. The first kappa shape index (κ1) is 21.0. The molecule has 0 aliphatic rings. The summed E-state index contributed by atoms with van der Waals surface area (Å²) in [5.74, 6) is -0.256. The number of carbonyl (C=O) groups is 2. The lowest BCUT2D eigenvalue weighted by Crippen LogP contribution is -2.32. The Bertz CT molecular complexity index is 840. The molecule has 0 bridgehead atoms. The zero-order valence-corrected chi connectivity index (χ0v) is 17.4. The highest BCUT2D eigenvalue weighted by atomic mass is 35.5. The van der Waals surface area contributed by atoms with Gasteiger partial charge in [-0.25, -0.2) is 0 Å². The molecule has 0 fully saturated rings. The molecule has 0 heterocycles. The van der Waals surface area contributed by atoms with Crippen molar-refractivity contribution in [1.82, 2.24) is 0 Å². The maximum atomic E-state index is 12.5. The number of para-hydroxylation sites is 1. The summed E-state index contributed by atoms with van der Waals surface area (Å²) in [6.07, 6.45) is 0.198. The minimum absolute atomic E-state index is 0.0755. The van der Waals surface area contributed by atoms with E-state index in [2.05, 4.69) is 26.1 Å². The van der Waals surface area contributed by atoms with Gasteiger partial charge in [-0.2, -0.15) is 0 Å². The van der Waals surface area contributed by atoms with Crippen LogP contribution in [0.3, 0.4) is 0 Å². The van der Waals surface area contributed by atoms with E-state index in [1.165, 1.54) is 6.92 Å². The first-order valence-electron chi connectivity index (χ1n) is 9.03. The second-order valence-corrected chi connectivity index (χ2v) is 8.11. The topological polar surface area (TPSA) is 49.4 Å². The molecule has 2 aromatic rings. The highest BCUT2D eigenvalue weighted by molar-refractivity contribution is 6.31. The number of rotatable bonds is 5. The van der Waals surface area contributed by atoms with Crippen molar-refractivity contribution < 1.29 is 9.59 Å². The zero-order chi connectivity index (χ0) is 20.2. The normalized spacial score (nSPS) is 11.2. The molecule has 2 aromatic carbocycles. The quantitative estimate of drug-likeness (QED) is 0.755. The molecule has 0 radical (unpaired) electrons. The third-order valence-electron chi connectivity index (χ3n) is 4.42. The highest BCUT2D eigenvalue weighted by Gasteiger charge is 2.19. The van der Waals surface area contributed by atoms with Crippen LogP contribution in [0.1, 0.15) is 45.2 Å². The molecule has 5 heteroatoms. The molecule has 0 spiro atoms. The average molecular weight is 387 g/mol. The van der Waals surface area contributed by atoms with Gasteiger partial charge in [0.1, 0.15) is 0 Å². The molecule has 2 rings (SSSR count). The molecule has 0 aliphatic carbocycles. The van der Waals surface area contributed by atoms with E-state index in [0.29, 0.717) is 10.7 Å². The Morgan fingerprint density at radius 2 is 1.78 bits per heavy atom. The molecule has 0 unspecified atom stereocenters. The Morgan fingerprint density at radius 3 is 2.37 bits per heavy atom. The minimum atomic E-state index is -0.129. The number of aryl methyl sites for hydroxylation is 1. The monoisotopic (exact) mass is 386 g/mol. The number of anilines is 2. The number of nitrogens with zero attached hydrogens (tertiary/aromatic N) is 1. The minimum Gasteiger partial charge on any atom is -0.326 e. The molecule has 27 heavy (non-hydrogen) atoms. The van der Waals surface area contributed by atoms with E-state index in [1.807, 2.05) is 43.3 Å². The first-order chi connectivity index (χ1) is 12.6. The fourth-order valence-corrected chi connectivity index (χ4v) is 3.06. The van der Waals surface area contributed by atoms with E-state index in [0.717, 1.165) is 16.8 Å². The van der Waals surface area contributed by atoms with Crippen LogP contribution < -0.4 is 10.2 Å². The van der Waals surface area contributed by atoms with Crippen LogP contribution in [0.15, 0.2) is 42.5 Å². The van der Waals surface area contributed by atoms with E-state index >= 15 is 0 Å². The molecule has 0 aromatic heterocycles. The van der Waals surface area contributed by atoms with Crippen LogP contribution in [0.5, 0.6) is 0 Å². The average Bonchev–Trinajstić information content (AvgIpc) is 2.57. The van der Waals surface area contributed by atoms with E-state index in [4.69, 9.17) is 11.6 Å². The van der Waals surface area contributed by atoms with Gasteiger partial charge in [-0.15, -0.1) is 0 Å². The number of nitrogens with one attached hydrogen (secondary N) is 1. The van der Waals surface area contributed by atoms with Gasteiger partial charge in [-0.1, -0.05) is 56.6 Å². The van der Waals surface area contributed by atoms with Crippen LogP contribution in [-0.4, -0.2) is 18.4 Å². The SMILES string of the molecule is CC(=O)N(CCC(=O)Nc1ccccc1C(C)(C)C)c1ccc(C)c(Cl)c1. The second-order valence-electron chi connectivity index (χ2n) is 7.70. The van der Waals surface area contributed by atoms with Crippen LogP contribution in [0.2, 0.25) is 5.02 Å². The van der Waals surface area contributed by atoms with Crippen molar-refractivity contribution in [1.29, 1.82) is 0 Å². The number of amides is 2. The van der Waals surface area contributed by atoms with Gasteiger partial charge >= 0.3 is 0 Å². The molecular weight excluding hydrogens is 360 g/mol. The number of halogens is 1. The molecule has 0 atom stereocenters. The van der Waals surface area contributed by atoms with E-state index in [-0.39, 0.29) is 30.2 Å². The van der Waals surface area contributed by atoms with Crippen molar-refractivity contribution >= 4 is 34.8 Å². The third kappa shape index (κ3) is 5.57. The molecule has 4 nitrogen and oxygen atoms in total. The maximum absolute atomic E-state index is 12.5. The van der Waals surface area contributed by atoms with Crippen molar-refractivity contribution in [3.05, 3.63) is 58.6 Å². The first-order valence-corrected chi connectivity index (χ1v) is 9.41. The lowest BCUT2D eigenvalue weighted by atomic mass is 9.86. The summed E-state index contributed by atoms with van der Waals surface area (Å²) >= 11 is 6.18. The largest absolute Gasteiger partial charge is 0.326 e. The Hall–Kier alpha value is -2.33. The van der Waals surface area contributed by atoms with Gasteiger partial charge in [0.05, 0.1) is 0 Å². The zero-order valence-electron chi connectivity index (χ0n) is 16.6. The fraction of sp³-hybridized carbons (Fsp3) is 0.364. The number of benzene rings is 2. The van der Waals surface area contributed by atoms with Gasteiger partial charge in [0, 0.05) is 36.3 Å². The summed E-state index contributed by atoms with van der Waals surface area (Å²) in [7, 11) is 0. The van der Waals surface area contributed by atoms with E-state index in [9.17, 15) is 9.59 Å². The van der Waals surface area contributed by atoms with Crippen LogP contribution in [0, 0.1) is 6.92 Å². The van der Waals surface area contributed by atoms with Crippen LogP contribution in [-0.2, 0) is 15.0 Å². The smallest absolute Gasteiger partial charge is 0.226 e. The summed E-state index contributed by atoms with van der Waals surface area (Å²) < 4.78 is 0. The van der Waals surface area contributed by atoms with Crippen molar-refractivity contribution in [2.24, 2.45) is 0 Å². The highest BCUT2D eigenvalue weighted by Crippen LogP contribution is 2.29. The van der Waals surface area contributed by atoms with Crippen LogP contribution >= 0.6 is 11.6 Å². The Morgan fingerprint density at radius 1 is 1.11 bits per heavy atom. The number of hydrogen-bond donors (Lipinski definition) is 1. The van der Waals surface area contributed by atoms with Crippen molar-refractivity contribution in [2.75, 3.05) is 16.8 Å². The molecule has 144 valence electrons. The number of hydrogen-bond acceptors (Lipinski definition) is 2. The Kier molecular flexibility index (Phi) is 6.66. The lowest BCUT2D eigenvalue weighted by Gasteiger charge is -2.24. The summed E-state index contributed by atoms with van der Waals surface area (Å²) in [5.41, 5.74) is 3.45. The Balaban J connectivity index is 2.09. The number of carbonyl (C=O) groups excluding carboxylic acids is 2. The maximum Gasteiger partial charge on any atom is 0.226 e. The van der Waals surface area contributed by atoms with Gasteiger partial charge in [-0.05, 0) is 41.7 Å². The summed E-state index contributed by atoms with van der Waals surface area (Å²) in [6, 6.07) is 13.3. The summed E-state index contributed by atoms with van der Waals surface area (Å²) in [5, 5.41) is 3.58. The third-order valence-corrected chi connectivity index (χ3v) is 4.83. The Labute approximate surface area is 166 Å². The van der Waals surface area contributed by atoms with Crippen LogP contribution in [0.4, 0.5) is 11.4 Å². The van der Waals surface area contributed by atoms with Crippen molar-refractivity contribution in [2.45, 2.75) is 46.5 Å². The van der Waals surface area contributed by atoms with Gasteiger partial charge in [0.15, 0.2) is 0 Å². The molecule has 0 saturated heterocycles. The van der Waals surface area contributed by atoms with E-state index < -0.39 is 0 Å². The van der Waals surface area contributed by atoms with Crippen LogP contribution in [0.25, 0.3) is 0 Å². The van der Waals surface area contributed by atoms with E-state index in [1.54, 1.807) is 11.0 Å². The van der Waals surface area contributed by atoms with Gasteiger partial charge in [0.2, 0.25) is 11.8 Å². The van der Waals surface area contributed by atoms with Crippen molar-refractivity contribution in [3.8, 4) is 0 Å². The van der Waals surface area contributed by atoms with Gasteiger partial charge < -0.3 is 10.2 Å². The lowest BCUT2D eigenvalue weighted by molar-refractivity contribution is -0.117. The molecule has 1 N–H and O–H groups in total. The standard InChI is InChI=1S/C22H27ClN2O2/c1-15-10-11-17(14-19(15)23)25(16(2)26)13-12-21(27)24-20-9-7-6-8-18(20)22(3,4)5/h6-11,14H,12-13H2,1-5H3,(H,24,27). The molecular formula is C22H27ClN2O2. The van der Waals surface area contributed by atoms with Gasteiger partial charge in [-0.3, -0.25) is 9.59 Å². The van der Waals surface area contributed by atoms with Crippen molar-refractivity contribution in [3.63, 3.8) is 0 Å². The summed E-state index contributed by atoms with van der Waals surface area (Å²) in [4.78, 5) is 26.1. The predicted molar refractivity (Wildman–Crippen MR) is 113 cm³/mol.